The van der Waals surface area contributed by atoms with Gasteiger partial charge in [-0.2, -0.15) is 0 Å². The first-order valence-corrected chi connectivity index (χ1v) is 5.94. The van der Waals surface area contributed by atoms with Crippen LogP contribution in [0.15, 0.2) is 34.9 Å². The Morgan fingerprint density at radius 3 is 2.78 bits per heavy atom. The predicted octanol–water partition coefficient (Wildman–Crippen LogP) is 3.13. The first-order chi connectivity index (χ1) is 8.63. The highest BCUT2D eigenvalue weighted by atomic mass is 35.5. The minimum atomic E-state index is -0.341. The van der Waals surface area contributed by atoms with E-state index in [1.807, 2.05) is 13.0 Å². The monoisotopic (exact) mass is 268 g/mol. The first-order valence-electron chi connectivity index (χ1n) is 5.56. The van der Waals surface area contributed by atoms with Gasteiger partial charge in [-0.1, -0.05) is 17.7 Å². The van der Waals surface area contributed by atoms with E-state index in [0.717, 1.165) is 5.56 Å². The van der Waals surface area contributed by atoms with Crippen molar-refractivity contribution in [2.45, 2.75) is 19.4 Å². The van der Waals surface area contributed by atoms with Crippen molar-refractivity contribution in [3.05, 3.63) is 58.3 Å². The molecule has 0 saturated heterocycles. The van der Waals surface area contributed by atoms with Gasteiger partial charge in [-0.15, -0.1) is 0 Å². The van der Waals surface area contributed by atoms with Crippen LogP contribution in [0.3, 0.4) is 0 Å². The van der Waals surface area contributed by atoms with Gasteiger partial charge in [0, 0.05) is 17.0 Å². The van der Waals surface area contributed by atoms with Crippen molar-refractivity contribution in [2.75, 3.05) is 0 Å². The molecule has 0 fully saturated rings. The molecule has 1 aromatic heterocycles. The summed E-state index contributed by atoms with van der Waals surface area (Å²) in [4.78, 5) is 0. The van der Waals surface area contributed by atoms with Gasteiger partial charge in [0.1, 0.15) is 11.6 Å². The van der Waals surface area contributed by atoms with Crippen molar-refractivity contribution >= 4 is 11.6 Å². The molecule has 1 unspecified atom stereocenters. The van der Waals surface area contributed by atoms with E-state index in [2.05, 4.69) is 5.43 Å². The highest BCUT2D eigenvalue weighted by molar-refractivity contribution is 6.31. The molecule has 1 aromatic carbocycles. The van der Waals surface area contributed by atoms with Crippen LogP contribution >= 0.6 is 11.6 Å². The van der Waals surface area contributed by atoms with Gasteiger partial charge in [-0.3, -0.25) is 5.84 Å². The van der Waals surface area contributed by atoms with Crippen molar-refractivity contribution in [3.8, 4) is 0 Å². The van der Waals surface area contributed by atoms with E-state index in [1.54, 1.807) is 18.4 Å². The van der Waals surface area contributed by atoms with Gasteiger partial charge in [-0.05, 0) is 30.7 Å². The number of nitrogens with one attached hydrogen (secondary N) is 1. The van der Waals surface area contributed by atoms with Crippen molar-refractivity contribution in [1.29, 1.82) is 0 Å². The molecule has 3 nitrogen and oxygen atoms in total. The average molecular weight is 269 g/mol. The van der Waals surface area contributed by atoms with Gasteiger partial charge < -0.3 is 4.42 Å². The molecule has 0 aliphatic carbocycles. The summed E-state index contributed by atoms with van der Waals surface area (Å²) < 4.78 is 19.1. The molecule has 2 rings (SSSR count). The molecule has 3 N–H and O–H groups in total. The maximum Gasteiger partial charge on any atom is 0.127 e. The molecule has 0 spiro atoms. The van der Waals surface area contributed by atoms with Crippen LogP contribution in [0.25, 0.3) is 0 Å². The van der Waals surface area contributed by atoms with Gasteiger partial charge in [0.25, 0.3) is 0 Å². The number of nitrogens with two attached hydrogens (primary N) is 1. The predicted molar refractivity (Wildman–Crippen MR) is 68.6 cm³/mol. The lowest BCUT2D eigenvalue weighted by atomic mass is 10.0. The molecule has 0 aliphatic rings. The second kappa shape index (κ2) is 5.52. The molecule has 1 heterocycles. The maximum atomic E-state index is 13.7. The highest BCUT2D eigenvalue weighted by Crippen LogP contribution is 2.27. The Hall–Kier alpha value is -1.36. The Morgan fingerprint density at radius 1 is 1.44 bits per heavy atom. The van der Waals surface area contributed by atoms with Crippen LogP contribution in [0, 0.1) is 12.7 Å². The Labute approximate surface area is 110 Å². The normalized spacial score (nSPS) is 12.7. The molecule has 0 radical (unpaired) electrons. The quantitative estimate of drug-likeness (QED) is 0.662. The zero-order valence-electron chi connectivity index (χ0n) is 9.91. The van der Waals surface area contributed by atoms with Gasteiger partial charge >= 0.3 is 0 Å². The summed E-state index contributed by atoms with van der Waals surface area (Å²) in [6, 6.07) is 6.13. The molecule has 1 atom stereocenters. The van der Waals surface area contributed by atoms with E-state index in [-0.39, 0.29) is 11.9 Å². The van der Waals surface area contributed by atoms with Gasteiger partial charge in [0.05, 0.1) is 12.3 Å². The number of hydrazine groups is 1. The molecule has 96 valence electrons. The Morgan fingerprint density at radius 2 is 2.22 bits per heavy atom. The fraction of sp³-hybridized carbons (Fsp3) is 0.231. The number of hydrogen-bond donors (Lipinski definition) is 2. The SMILES string of the molecule is Cc1ccoc1C(Cc1c(F)cccc1Cl)NN. The van der Waals surface area contributed by atoms with Crippen LogP contribution in [-0.4, -0.2) is 0 Å². The third kappa shape index (κ3) is 2.56. The summed E-state index contributed by atoms with van der Waals surface area (Å²) in [5, 5.41) is 0.388. The van der Waals surface area contributed by atoms with Crippen LogP contribution in [0.2, 0.25) is 5.02 Å². The minimum absolute atomic E-state index is 0.311. The fourth-order valence-corrected chi connectivity index (χ4v) is 2.14. The number of benzene rings is 1. The van der Waals surface area contributed by atoms with E-state index in [1.165, 1.54) is 6.07 Å². The molecule has 0 bridgehead atoms. The third-order valence-electron chi connectivity index (χ3n) is 2.89. The highest BCUT2D eigenvalue weighted by Gasteiger charge is 2.19. The maximum absolute atomic E-state index is 13.7. The summed E-state index contributed by atoms with van der Waals surface area (Å²) in [6.07, 6.45) is 1.91. The van der Waals surface area contributed by atoms with Crippen LogP contribution in [0.1, 0.15) is 22.9 Å². The molecule has 0 aliphatic heterocycles. The smallest absolute Gasteiger partial charge is 0.127 e. The topological polar surface area (TPSA) is 51.2 Å². The second-order valence-electron chi connectivity index (χ2n) is 4.09. The van der Waals surface area contributed by atoms with Gasteiger partial charge in [0.15, 0.2) is 0 Å². The average Bonchev–Trinajstić information content (AvgIpc) is 2.76. The molecule has 0 saturated carbocycles. The standard InChI is InChI=1S/C13H14ClFN2O/c1-8-5-6-18-13(8)12(17-16)7-9-10(14)3-2-4-11(9)15/h2-6,12,17H,7,16H2,1H3. The zero-order valence-corrected chi connectivity index (χ0v) is 10.7. The van der Waals surface area contributed by atoms with Crippen molar-refractivity contribution < 1.29 is 8.81 Å². The van der Waals surface area contributed by atoms with E-state index in [9.17, 15) is 4.39 Å². The van der Waals surface area contributed by atoms with Crippen LogP contribution in [-0.2, 0) is 6.42 Å². The molecule has 18 heavy (non-hydrogen) atoms. The summed E-state index contributed by atoms with van der Waals surface area (Å²) >= 11 is 5.99. The molecular formula is C13H14ClFN2O. The number of rotatable bonds is 4. The van der Waals surface area contributed by atoms with Gasteiger partial charge in [0.2, 0.25) is 0 Å². The van der Waals surface area contributed by atoms with Crippen LogP contribution in [0.5, 0.6) is 0 Å². The van der Waals surface area contributed by atoms with E-state index < -0.39 is 0 Å². The third-order valence-corrected chi connectivity index (χ3v) is 3.24. The molecule has 2 aromatic rings. The lowest BCUT2D eigenvalue weighted by Gasteiger charge is -2.16. The van der Waals surface area contributed by atoms with Crippen LogP contribution in [0.4, 0.5) is 4.39 Å². The van der Waals surface area contributed by atoms with E-state index in [4.69, 9.17) is 21.9 Å². The largest absolute Gasteiger partial charge is 0.467 e. The second-order valence-corrected chi connectivity index (χ2v) is 4.50. The number of halogens is 2. The number of furan rings is 1. The summed E-state index contributed by atoms with van der Waals surface area (Å²) in [6.45, 7) is 1.91. The number of hydrogen-bond acceptors (Lipinski definition) is 3. The van der Waals surface area contributed by atoms with Crippen molar-refractivity contribution in [1.82, 2.24) is 5.43 Å². The van der Waals surface area contributed by atoms with E-state index >= 15 is 0 Å². The molecule has 5 heteroatoms. The molecular weight excluding hydrogens is 255 g/mol. The lowest BCUT2D eigenvalue weighted by molar-refractivity contribution is 0.409. The summed E-state index contributed by atoms with van der Waals surface area (Å²) in [5.41, 5.74) is 4.02. The summed E-state index contributed by atoms with van der Waals surface area (Å²) in [5.74, 6) is 5.86. The Kier molecular flexibility index (Phi) is 4.01. The first kappa shape index (κ1) is 13.1. The number of aryl methyl sites for hydroxylation is 1. The Balaban J connectivity index is 2.29. The van der Waals surface area contributed by atoms with Crippen molar-refractivity contribution in [3.63, 3.8) is 0 Å². The van der Waals surface area contributed by atoms with Crippen LogP contribution < -0.4 is 11.3 Å². The minimum Gasteiger partial charge on any atom is -0.467 e. The lowest BCUT2D eigenvalue weighted by Crippen LogP contribution is -2.30. The van der Waals surface area contributed by atoms with Crippen molar-refractivity contribution in [2.24, 2.45) is 5.84 Å². The van der Waals surface area contributed by atoms with E-state index in [0.29, 0.717) is 22.8 Å². The Bertz CT molecular complexity index is 521. The van der Waals surface area contributed by atoms with Gasteiger partial charge in [-0.25, -0.2) is 9.82 Å². The molecule has 0 amide bonds. The zero-order chi connectivity index (χ0) is 13.1. The summed E-state index contributed by atoms with van der Waals surface area (Å²) in [7, 11) is 0. The fourth-order valence-electron chi connectivity index (χ4n) is 1.90.